The lowest BCUT2D eigenvalue weighted by Crippen LogP contribution is -2.31. The summed E-state index contributed by atoms with van der Waals surface area (Å²) >= 11 is 0. The summed E-state index contributed by atoms with van der Waals surface area (Å²) in [6, 6.07) is 12.2. The molecule has 5 heteroatoms. The number of ether oxygens (including phenoxy) is 2. The van der Waals surface area contributed by atoms with Crippen LogP contribution in [0.5, 0.6) is 0 Å². The van der Waals surface area contributed by atoms with Gasteiger partial charge in [0.05, 0.1) is 11.3 Å². The third kappa shape index (κ3) is 2.54. The Morgan fingerprint density at radius 2 is 1.35 bits per heavy atom. The summed E-state index contributed by atoms with van der Waals surface area (Å²) in [7, 11) is 3.14. The third-order valence-corrected chi connectivity index (χ3v) is 3.84. The number of hydrogen-bond donors (Lipinski definition) is 0. The standard InChI is InChI=1S/C18H17NO4/c1-22-10-19(11-23-2)15-9-5-8-14-16(15)18(21)13-7-4-3-6-12(13)17(14)20/h3-9H,10-11H2,1-2H3. The molecular formula is C18H17NO4. The molecule has 0 aliphatic heterocycles. The van der Waals surface area contributed by atoms with Crippen LogP contribution in [0, 0.1) is 0 Å². The SMILES string of the molecule is COCN(COC)c1cccc2c1C(=O)c1ccccc1C2=O. The Morgan fingerprint density at radius 1 is 0.783 bits per heavy atom. The Kier molecular flexibility index (Phi) is 4.23. The van der Waals surface area contributed by atoms with Gasteiger partial charge in [-0.25, -0.2) is 0 Å². The van der Waals surface area contributed by atoms with Gasteiger partial charge in [-0.1, -0.05) is 36.4 Å². The molecule has 2 aromatic rings. The molecule has 0 atom stereocenters. The van der Waals surface area contributed by atoms with Crippen LogP contribution in [-0.2, 0) is 9.47 Å². The topological polar surface area (TPSA) is 55.8 Å². The van der Waals surface area contributed by atoms with Crippen LogP contribution in [0.1, 0.15) is 31.8 Å². The maximum atomic E-state index is 12.9. The molecule has 118 valence electrons. The highest BCUT2D eigenvalue weighted by Gasteiger charge is 2.32. The molecule has 0 radical (unpaired) electrons. The molecule has 2 aromatic carbocycles. The van der Waals surface area contributed by atoms with Gasteiger partial charge >= 0.3 is 0 Å². The van der Waals surface area contributed by atoms with Gasteiger partial charge in [0.25, 0.3) is 0 Å². The van der Waals surface area contributed by atoms with Crippen molar-refractivity contribution >= 4 is 17.3 Å². The summed E-state index contributed by atoms with van der Waals surface area (Å²) in [5, 5.41) is 0. The highest BCUT2D eigenvalue weighted by atomic mass is 16.5. The zero-order valence-electron chi connectivity index (χ0n) is 13.0. The Labute approximate surface area is 134 Å². The zero-order chi connectivity index (χ0) is 16.4. The Bertz CT molecular complexity index is 763. The molecule has 5 nitrogen and oxygen atoms in total. The van der Waals surface area contributed by atoms with Crippen molar-refractivity contribution in [3.8, 4) is 0 Å². The van der Waals surface area contributed by atoms with Gasteiger partial charge in [0, 0.05) is 30.9 Å². The Balaban J connectivity index is 2.17. The summed E-state index contributed by atoms with van der Waals surface area (Å²) < 4.78 is 10.4. The predicted molar refractivity (Wildman–Crippen MR) is 86.0 cm³/mol. The summed E-state index contributed by atoms with van der Waals surface area (Å²) in [6.45, 7) is 0.515. The molecule has 1 aliphatic carbocycles. The fourth-order valence-electron chi connectivity index (χ4n) is 2.88. The van der Waals surface area contributed by atoms with Crippen molar-refractivity contribution in [2.45, 2.75) is 0 Å². The highest BCUT2D eigenvalue weighted by Crippen LogP contribution is 2.33. The van der Waals surface area contributed by atoms with Crippen molar-refractivity contribution < 1.29 is 19.1 Å². The second-order valence-electron chi connectivity index (χ2n) is 5.28. The lowest BCUT2D eigenvalue weighted by Gasteiger charge is -2.28. The first-order chi connectivity index (χ1) is 11.2. The summed E-state index contributed by atoms with van der Waals surface area (Å²) in [5.41, 5.74) is 2.35. The van der Waals surface area contributed by atoms with Gasteiger partial charge in [-0.2, -0.15) is 0 Å². The van der Waals surface area contributed by atoms with Crippen LogP contribution in [0.2, 0.25) is 0 Å². The molecule has 0 fully saturated rings. The quantitative estimate of drug-likeness (QED) is 0.678. The van der Waals surface area contributed by atoms with Crippen molar-refractivity contribution in [2.75, 3.05) is 32.6 Å². The zero-order valence-corrected chi connectivity index (χ0v) is 13.0. The van der Waals surface area contributed by atoms with Crippen LogP contribution in [-0.4, -0.2) is 39.2 Å². The fraction of sp³-hybridized carbons (Fsp3) is 0.222. The summed E-state index contributed by atoms with van der Waals surface area (Å²) in [5.74, 6) is -0.283. The summed E-state index contributed by atoms with van der Waals surface area (Å²) in [4.78, 5) is 27.4. The van der Waals surface area contributed by atoms with Crippen molar-refractivity contribution in [3.05, 3.63) is 64.7 Å². The maximum absolute atomic E-state index is 12.9. The van der Waals surface area contributed by atoms with Crippen LogP contribution in [0.15, 0.2) is 42.5 Å². The molecule has 0 saturated heterocycles. The van der Waals surface area contributed by atoms with Gasteiger partial charge in [0.1, 0.15) is 13.5 Å². The van der Waals surface area contributed by atoms with E-state index in [-0.39, 0.29) is 25.0 Å². The molecule has 1 aliphatic rings. The molecule has 0 amide bonds. The monoisotopic (exact) mass is 311 g/mol. The molecule has 0 unspecified atom stereocenters. The Hall–Kier alpha value is -2.50. The van der Waals surface area contributed by atoms with Crippen molar-refractivity contribution in [2.24, 2.45) is 0 Å². The molecule has 3 rings (SSSR count). The maximum Gasteiger partial charge on any atom is 0.196 e. The van der Waals surface area contributed by atoms with E-state index in [2.05, 4.69) is 0 Å². The van der Waals surface area contributed by atoms with Gasteiger partial charge in [0.2, 0.25) is 0 Å². The third-order valence-electron chi connectivity index (χ3n) is 3.84. The number of anilines is 1. The second-order valence-corrected chi connectivity index (χ2v) is 5.28. The number of ketones is 2. The molecule has 0 aromatic heterocycles. The van der Waals surface area contributed by atoms with E-state index in [0.29, 0.717) is 27.9 Å². The van der Waals surface area contributed by atoms with Crippen LogP contribution in [0.4, 0.5) is 5.69 Å². The molecule has 23 heavy (non-hydrogen) atoms. The molecule has 0 N–H and O–H groups in total. The number of nitrogens with zero attached hydrogens (tertiary/aromatic N) is 1. The largest absolute Gasteiger partial charge is 0.364 e. The van der Waals surface area contributed by atoms with E-state index in [1.54, 1.807) is 61.6 Å². The van der Waals surface area contributed by atoms with Crippen LogP contribution < -0.4 is 4.90 Å². The van der Waals surface area contributed by atoms with E-state index < -0.39 is 0 Å². The minimum absolute atomic E-state index is 0.133. The van der Waals surface area contributed by atoms with Gasteiger partial charge < -0.3 is 14.4 Å². The molecule has 0 spiro atoms. The van der Waals surface area contributed by atoms with E-state index >= 15 is 0 Å². The summed E-state index contributed by atoms with van der Waals surface area (Å²) in [6.07, 6.45) is 0. The van der Waals surface area contributed by atoms with Crippen LogP contribution >= 0.6 is 0 Å². The van der Waals surface area contributed by atoms with Gasteiger partial charge in [0.15, 0.2) is 11.6 Å². The lowest BCUT2D eigenvalue weighted by molar-refractivity contribution is 0.0977. The van der Waals surface area contributed by atoms with Crippen LogP contribution in [0.25, 0.3) is 0 Å². The molecular weight excluding hydrogens is 294 g/mol. The number of fused-ring (bicyclic) bond motifs is 2. The van der Waals surface area contributed by atoms with Crippen molar-refractivity contribution in [1.82, 2.24) is 0 Å². The Morgan fingerprint density at radius 3 is 1.96 bits per heavy atom. The van der Waals surface area contributed by atoms with Gasteiger partial charge in [-0.3, -0.25) is 9.59 Å². The minimum atomic E-state index is -0.150. The average molecular weight is 311 g/mol. The molecule has 0 heterocycles. The smallest absolute Gasteiger partial charge is 0.196 e. The molecule has 0 saturated carbocycles. The number of carbonyl (C=O) groups is 2. The number of rotatable bonds is 5. The molecule has 0 bridgehead atoms. The van der Waals surface area contributed by atoms with E-state index in [1.165, 1.54) is 0 Å². The number of carbonyl (C=O) groups excluding carboxylic acids is 2. The second kappa shape index (κ2) is 6.32. The van der Waals surface area contributed by atoms with Crippen molar-refractivity contribution in [3.63, 3.8) is 0 Å². The van der Waals surface area contributed by atoms with Gasteiger partial charge in [-0.15, -0.1) is 0 Å². The van der Waals surface area contributed by atoms with Crippen molar-refractivity contribution in [1.29, 1.82) is 0 Å². The number of methoxy groups -OCH3 is 2. The van der Waals surface area contributed by atoms with E-state index in [9.17, 15) is 9.59 Å². The lowest BCUT2D eigenvalue weighted by atomic mass is 9.83. The first-order valence-electron chi connectivity index (χ1n) is 7.23. The highest BCUT2D eigenvalue weighted by molar-refractivity contribution is 6.30. The van der Waals surface area contributed by atoms with Crippen LogP contribution in [0.3, 0.4) is 0 Å². The number of benzene rings is 2. The normalized spacial score (nSPS) is 12.8. The fourth-order valence-corrected chi connectivity index (χ4v) is 2.88. The average Bonchev–Trinajstić information content (AvgIpc) is 2.59. The first kappa shape index (κ1) is 15.4. The first-order valence-corrected chi connectivity index (χ1v) is 7.23. The van der Waals surface area contributed by atoms with E-state index in [0.717, 1.165) is 0 Å². The number of hydrogen-bond acceptors (Lipinski definition) is 5. The van der Waals surface area contributed by atoms with E-state index in [4.69, 9.17) is 9.47 Å². The minimum Gasteiger partial charge on any atom is -0.364 e. The van der Waals surface area contributed by atoms with E-state index in [1.807, 2.05) is 0 Å². The predicted octanol–water partition coefficient (Wildman–Crippen LogP) is 2.48. The van der Waals surface area contributed by atoms with Gasteiger partial charge in [-0.05, 0) is 6.07 Å².